The maximum absolute atomic E-state index is 10.1. The summed E-state index contributed by atoms with van der Waals surface area (Å²) in [6, 6.07) is 0. The zero-order valence-corrected chi connectivity index (χ0v) is 11.4. The number of aliphatic carboxylic acids is 1. The SMILES string of the molecule is O=C(O)[C@H](O)[C@@H](O)[C@H](O)[C@H](O)CO.[MgH2].[SnH2]. The fourth-order valence-electron chi connectivity index (χ4n) is 0.668. The molecule has 2 radical (unpaired) electrons. The molecular formula is C6H16MgO7Sn. The van der Waals surface area contributed by atoms with Gasteiger partial charge in [0, 0.05) is 0 Å². The Bertz CT molecular complexity index is 181. The maximum atomic E-state index is 10.1. The van der Waals surface area contributed by atoms with E-state index < -0.39 is 37.0 Å². The van der Waals surface area contributed by atoms with Crippen molar-refractivity contribution in [3.63, 3.8) is 0 Å². The van der Waals surface area contributed by atoms with Crippen molar-refractivity contribution in [2.45, 2.75) is 24.4 Å². The van der Waals surface area contributed by atoms with Gasteiger partial charge in [0.15, 0.2) is 6.10 Å². The van der Waals surface area contributed by atoms with Crippen LogP contribution in [0.25, 0.3) is 0 Å². The third-order valence-corrected chi connectivity index (χ3v) is 1.51. The average Bonchev–Trinajstić information content (AvgIpc) is 2.12. The standard InChI is InChI=1S/C6H12O7.Mg.Sn.4H/c7-1-2(8)3(9)4(10)5(11)6(12)13;;;;;;/h2-5,7-11H,1H2,(H,12,13);;;;;;/t2-,3-,4+,5-;;;;;;/m1....../s1. The van der Waals surface area contributed by atoms with Crippen LogP contribution >= 0.6 is 0 Å². The molecule has 0 aliphatic heterocycles. The van der Waals surface area contributed by atoms with Crippen molar-refractivity contribution in [2.75, 3.05) is 6.61 Å². The van der Waals surface area contributed by atoms with E-state index in [9.17, 15) is 4.79 Å². The van der Waals surface area contributed by atoms with Crippen LogP contribution in [0.4, 0.5) is 0 Å². The van der Waals surface area contributed by atoms with Crippen LogP contribution in [0.5, 0.6) is 0 Å². The number of carbonyl (C=O) groups is 1. The second-order valence-electron chi connectivity index (χ2n) is 2.51. The summed E-state index contributed by atoms with van der Waals surface area (Å²) in [5.41, 5.74) is 0. The quantitative estimate of drug-likeness (QED) is 0.274. The molecule has 4 atom stereocenters. The Labute approximate surface area is 119 Å². The van der Waals surface area contributed by atoms with Crippen molar-refractivity contribution in [1.82, 2.24) is 0 Å². The summed E-state index contributed by atoms with van der Waals surface area (Å²) in [5, 5.41) is 51.8. The molecule has 0 spiro atoms. The van der Waals surface area contributed by atoms with Gasteiger partial charge in [-0.05, 0) is 0 Å². The predicted octanol–water partition coefficient (Wildman–Crippen LogP) is -5.33. The molecular weight excluding hydrogens is 327 g/mol. The van der Waals surface area contributed by atoms with Crippen LogP contribution in [0.15, 0.2) is 0 Å². The van der Waals surface area contributed by atoms with Crippen LogP contribution in [0.3, 0.4) is 0 Å². The fraction of sp³-hybridized carbons (Fsp3) is 0.833. The predicted molar refractivity (Wildman–Crippen MR) is 55.8 cm³/mol. The Morgan fingerprint density at radius 1 is 1.07 bits per heavy atom. The summed E-state index contributed by atoms with van der Waals surface area (Å²) in [6.07, 6.45) is -7.84. The minimum absolute atomic E-state index is 0. The number of aliphatic hydroxyl groups is 5. The number of hydrogen-bond acceptors (Lipinski definition) is 6. The van der Waals surface area contributed by atoms with Gasteiger partial charge in [-0.25, -0.2) is 4.79 Å². The van der Waals surface area contributed by atoms with E-state index in [0.29, 0.717) is 0 Å². The van der Waals surface area contributed by atoms with Gasteiger partial charge in [0.2, 0.25) is 0 Å². The normalized spacial score (nSPS) is 17.7. The average molecular weight is 343 g/mol. The van der Waals surface area contributed by atoms with E-state index in [2.05, 4.69) is 0 Å². The third kappa shape index (κ3) is 6.89. The van der Waals surface area contributed by atoms with Crippen LogP contribution < -0.4 is 0 Å². The molecule has 15 heavy (non-hydrogen) atoms. The topological polar surface area (TPSA) is 138 Å². The first kappa shape index (κ1) is 21.2. The Morgan fingerprint density at radius 2 is 1.47 bits per heavy atom. The van der Waals surface area contributed by atoms with E-state index in [4.69, 9.17) is 30.6 Å². The molecule has 0 aliphatic carbocycles. The number of rotatable bonds is 5. The fourth-order valence-corrected chi connectivity index (χ4v) is 0.668. The van der Waals surface area contributed by atoms with E-state index >= 15 is 0 Å². The van der Waals surface area contributed by atoms with E-state index in [1.165, 1.54) is 0 Å². The zero-order chi connectivity index (χ0) is 10.6. The summed E-state index contributed by atoms with van der Waals surface area (Å²) < 4.78 is 0. The van der Waals surface area contributed by atoms with E-state index in [1.54, 1.807) is 0 Å². The molecule has 0 unspecified atom stereocenters. The molecule has 0 aromatic rings. The Morgan fingerprint density at radius 3 is 1.73 bits per heavy atom. The first-order valence-corrected chi connectivity index (χ1v) is 3.47. The molecule has 0 aliphatic rings. The number of hydrogen-bond donors (Lipinski definition) is 6. The van der Waals surface area contributed by atoms with Crippen molar-refractivity contribution >= 4 is 52.9 Å². The molecule has 0 aromatic heterocycles. The van der Waals surface area contributed by atoms with Gasteiger partial charge < -0.3 is 30.6 Å². The van der Waals surface area contributed by atoms with Crippen molar-refractivity contribution in [1.29, 1.82) is 0 Å². The first-order chi connectivity index (χ1) is 5.91. The van der Waals surface area contributed by atoms with E-state index in [-0.39, 0.29) is 47.0 Å². The van der Waals surface area contributed by atoms with Gasteiger partial charge in [0.05, 0.1) is 6.61 Å². The molecule has 0 aromatic carbocycles. The van der Waals surface area contributed by atoms with Crippen LogP contribution in [0.2, 0.25) is 0 Å². The molecule has 7 nitrogen and oxygen atoms in total. The molecule has 6 N–H and O–H groups in total. The van der Waals surface area contributed by atoms with Crippen LogP contribution in [-0.4, -0.2) is 115 Å². The van der Waals surface area contributed by atoms with Gasteiger partial charge in [-0.1, -0.05) is 0 Å². The summed E-state index contributed by atoms with van der Waals surface area (Å²) in [6.45, 7) is -0.843. The summed E-state index contributed by atoms with van der Waals surface area (Å²) >= 11 is 0. The molecule has 88 valence electrons. The van der Waals surface area contributed by atoms with Crippen LogP contribution in [-0.2, 0) is 4.79 Å². The zero-order valence-electron chi connectivity index (χ0n) is 7.32. The molecule has 0 saturated heterocycles. The van der Waals surface area contributed by atoms with Gasteiger partial charge >= 0.3 is 52.9 Å². The third-order valence-electron chi connectivity index (χ3n) is 1.51. The first-order valence-electron chi connectivity index (χ1n) is 3.47. The molecule has 0 saturated carbocycles. The Balaban J connectivity index is -0.000000720. The second kappa shape index (κ2) is 10.0. The van der Waals surface area contributed by atoms with Gasteiger partial charge in [-0.15, -0.1) is 0 Å². The van der Waals surface area contributed by atoms with Gasteiger partial charge in [0.1, 0.15) is 18.3 Å². The number of carboxylic acid groups (broad SMARTS) is 1. The van der Waals surface area contributed by atoms with Gasteiger partial charge in [-0.3, -0.25) is 0 Å². The van der Waals surface area contributed by atoms with E-state index in [1.807, 2.05) is 0 Å². The number of carboxylic acids is 1. The summed E-state index contributed by atoms with van der Waals surface area (Å²) in [7, 11) is 0. The molecule has 0 fully saturated rings. The van der Waals surface area contributed by atoms with Crippen LogP contribution in [0, 0.1) is 0 Å². The van der Waals surface area contributed by atoms with E-state index in [0.717, 1.165) is 0 Å². The molecule has 0 rings (SSSR count). The van der Waals surface area contributed by atoms with Crippen molar-refractivity contribution in [3.05, 3.63) is 0 Å². The second-order valence-corrected chi connectivity index (χ2v) is 2.51. The molecule has 0 amide bonds. The van der Waals surface area contributed by atoms with Crippen molar-refractivity contribution in [3.8, 4) is 0 Å². The van der Waals surface area contributed by atoms with Gasteiger partial charge in [-0.2, -0.15) is 0 Å². The van der Waals surface area contributed by atoms with Crippen LogP contribution in [0.1, 0.15) is 0 Å². The molecule has 9 heteroatoms. The Hall–Kier alpha value is 0.835. The summed E-state index contributed by atoms with van der Waals surface area (Å²) in [5.74, 6) is -1.73. The van der Waals surface area contributed by atoms with Crippen molar-refractivity contribution in [2.24, 2.45) is 0 Å². The molecule has 0 heterocycles. The molecule has 0 bridgehead atoms. The summed E-state index contributed by atoms with van der Waals surface area (Å²) in [4.78, 5) is 10.1. The van der Waals surface area contributed by atoms with Crippen molar-refractivity contribution < 1.29 is 35.4 Å². The minimum atomic E-state index is -2.20. The van der Waals surface area contributed by atoms with Gasteiger partial charge in [0.25, 0.3) is 0 Å². The monoisotopic (exact) mass is 344 g/mol. The number of aliphatic hydroxyl groups excluding tert-OH is 5. The Kier molecular flexibility index (Phi) is 14.1.